The van der Waals surface area contributed by atoms with Crippen LogP contribution < -0.4 is 0 Å². The van der Waals surface area contributed by atoms with Gasteiger partial charge >= 0.3 is 5.97 Å². The van der Waals surface area contributed by atoms with Crippen LogP contribution in [-0.4, -0.2) is 77.2 Å². The Balaban J connectivity index is 1.49. The highest BCUT2D eigenvalue weighted by atomic mass is 16.6. The number of carbonyl (C=O) groups excluding carboxylic acids is 2. The second kappa shape index (κ2) is 10.5. The van der Waals surface area contributed by atoms with Crippen molar-refractivity contribution in [1.29, 1.82) is 0 Å². The van der Waals surface area contributed by atoms with Crippen LogP contribution in [0.4, 0.5) is 0 Å². The Morgan fingerprint density at radius 2 is 1.67 bits per heavy atom. The van der Waals surface area contributed by atoms with E-state index < -0.39 is 63.4 Å². The molecule has 0 radical (unpaired) electrons. The largest absolute Gasteiger partial charge is 0.456 e. The summed E-state index contributed by atoms with van der Waals surface area (Å²) in [5.74, 6) is -4.60. The van der Waals surface area contributed by atoms with Crippen LogP contribution in [0.2, 0.25) is 0 Å². The maximum atomic E-state index is 13.5. The van der Waals surface area contributed by atoms with Crippen LogP contribution in [0.3, 0.4) is 0 Å². The molecule has 3 saturated carbocycles. The molecule has 0 aliphatic heterocycles. The third kappa shape index (κ3) is 5.20. The second-order valence-corrected chi connectivity index (χ2v) is 15.2. The molecule has 9 atom stereocenters. The monoisotopic (exact) mass is 600 g/mol. The van der Waals surface area contributed by atoms with Gasteiger partial charge < -0.3 is 35.4 Å². The number of aliphatic hydroxyl groups excluding tert-OH is 1. The van der Waals surface area contributed by atoms with Gasteiger partial charge in [-0.1, -0.05) is 32.0 Å². The van der Waals surface area contributed by atoms with Gasteiger partial charge in [-0.05, 0) is 107 Å². The van der Waals surface area contributed by atoms with Gasteiger partial charge in [0.1, 0.15) is 17.8 Å². The zero-order valence-corrected chi connectivity index (χ0v) is 25.9. The molecule has 6 N–H and O–H groups in total. The van der Waals surface area contributed by atoms with Crippen molar-refractivity contribution >= 4 is 11.8 Å². The van der Waals surface area contributed by atoms with Crippen molar-refractivity contribution in [1.82, 2.24) is 0 Å². The maximum absolute atomic E-state index is 13.5. The summed E-state index contributed by atoms with van der Waals surface area (Å²) < 4.78 is 5.98. The Labute approximate surface area is 253 Å². The number of benzene rings is 1. The van der Waals surface area contributed by atoms with Crippen molar-refractivity contribution in [3.05, 3.63) is 47.5 Å². The van der Waals surface area contributed by atoms with Gasteiger partial charge in [-0.3, -0.25) is 4.79 Å². The van der Waals surface area contributed by atoms with E-state index in [1.54, 1.807) is 51.1 Å². The summed E-state index contributed by atoms with van der Waals surface area (Å²) >= 11 is 0. The van der Waals surface area contributed by atoms with E-state index in [0.717, 1.165) is 0 Å². The summed E-state index contributed by atoms with van der Waals surface area (Å²) in [6.45, 7) is 8.73. The molecule has 0 heterocycles. The number of fused-ring (bicyclic) bond motifs is 5. The fourth-order valence-electron chi connectivity index (χ4n) is 9.33. The molecule has 1 unspecified atom stereocenters. The standard InChI is InChI=1S/C34H48O9/c1-29(2,38)14-13-27(43-28(37)20-9-7-6-8-10-20)32(5,39)25-12-16-33(40)22-17-24(35)23-18-26(36)34(41,42)19-30(23,3)21(22)11-15-31(25,33)4/h6-10,17,21,23,25-27,36,38-42H,11-16,18-19H2,1-5H3/t21-,23-,25-,26+,27?,30+,31+,32+,33+/m0/s1. The molecule has 0 saturated heterocycles. The van der Waals surface area contributed by atoms with Crippen LogP contribution in [0.1, 0.15) is 96.3 Å². The predicted octanol–water partition coefficient (Wildman–Crippen LogP) is 3.04. The van der Waals surface area contributed by atoms with E-state index in [1.807, 2.05) is 13.8 Å². The lowest BCUT2D eigenvalue weighted by Crippen LogP contribution is -2.64. The summed E-state index contributed by atoms with van der Waals surface area (Å²) in [5.41, 5.74) is -4.97. The van der Waals surface area contributed by atoms with E-state index in [0.29, 0.717) is 30.4 Å². The topological polar surface area (TPSA) is 165 Å². The number of aliphatic hydroxyl groups is 6. The number of esters is 1. The number of rotatable bonds is 7. The Bertz CT molecular complexity index is 1280. The first-order chi connectivity index (χ1) is 19.8. The molecule has 9 heteroatoms. The number of ketones is 1. The van der Waals surface area contributed by atoms with E-state index in [1.165, 1.54) is 6.08 Å². The number of ether oxygens (including phenoxy) is 1. The van der Waals surface area contributed by atoms with E-state index in [-0.39, 0.29) is 43.8 Å². The molecule has 0 bridgehead atoms. The zero-order chi connectivity index (χ0) is 31.8. The molecule has 4 aliphatic carbocycles. The Kier molecular flexibility index (Phi) is 7.85. The summed E-state index contributed by atoms with van der Waals surface area (Å²) in [4.78, 5) is 26.7. The highest BCUT2D eigenvalue weighted by Crippen LogP contribution is 2.69. The van der Waals surface area contributed by atoms with Crippen molar-refractivity contribution in [2.75, 3.05) is 0 Å². The van der Waals surface area contributed by atoms with E-state index >= 15 is 0 Å². The minimum atomic E-state index is -2.34. The molecule has 3 fully saturated rings. The highest BCUT2D eigenvalue weighted by Gasteiger charge is 2.70. The van der Waals surface area contributed by atoms with Crippen molar-refractivity contribution in [2.24, 2.45) is 28.6 Å². The molecule has 4 aliphatic rings. The van der Waals surface area contributed by atoms with Gasteiger partial charge in [-0.15, -0.1) is 0 Å². The quantitative estimate of drug-likeness (QED) is 0.204. The first-order valence-corrected chi connectivity index (χ1v) is 15.6. The second-order valence-electron chi connectivity index (χ2n) is 15.2. The van der Waals surface area contributed by atoms with Gasteiger partial charge in [-0.25, -0.2) is 4.79 Å². The average molecular weight is 601 g/mol. The molecular formula is C34H48O9. The van der Waals surface area contributed by atoms with Crippen molar-refractivity contribution < 1.29 is 45.0 Å². The lowest BCUT2D eigenvalue weighted by Gasteiger charge is -2.61. The Morgan fingerprint density at radius 1 is 1.02 bits per heavy atom. The van der Waals surface area contributed by atoms with E-state index in [4.69, 9.17) is 4.74 Å². The van der Waals surface area contributed by atoms with Crippen LogP contribution in [0.25, 0.3) is 0 Å². The van der Waals surface area contributed by atoms with E-state index in [9.17, 15) is 40.2 Å². The van der Waals surface area contributed by atoms with Crippen molar-refractivity contribution in [2.45, 2.75) is 121 Å². The van der Waals surface area contributed by atoms with Gasteiger partial charge in [0.25, 0.3) is 0 Å². The van der Waals surface area contributed by atoms with Gasteiger partial charge in [0.15, 0.2) is 11.6 Å². The first-order valence-electron chi connectivity index (χ1n) is 15.6. The number of carbonyl (C=O) groups is 2. The normalized spacial score (nSPS) is 39.0. The minimum absolute atomic E-state index is 0.0642. The first kappa shape index (κ1) is 32.3. The van der Waals surface area contributed by atoms with Crippen LogP contribution >= 0.6 is 0 Å². The predicted molar refractivity (Wildman–Crippen MR) is 157 cm³/mol. The van der Waals surface area contributed by atoms with Gasteiger partial charge in [0.2, 0.25) is 0 Å². The summed E-state index contributed by atoms with van der Waals surface area (Å²) in [5, 5.41) is 67.0. The molecule has 9 nitrogen and oxygen atoms in total. The van der Waals surface area contributed by atoms with Crippen LogP contribution in [0.15, 0.2) is 42.0 Å². The zero-order valence-electron chi connectivity index (χ0n) is 25.9. The summed E-state index contributed by atoms with van der Waals surface area (Å²) in [6, 6.07) is 8.52. The van der Waals surface area contributed by atoms with Crippen LogP contribution in [0.5, 0.6) is 0 Å². The highest BCUT2D eigenvalue weighted by molar-refractivity contribution is 5.95. The fourth-order valence-corrected chi connectivity index (χ4v) is 9.33. The SMILES string of the molecule is CC(C)(O)CCC(OC(=O)c1ccccc1)[C@](C)(O)[C@H]1CC[C@@]2(O)C3=CC(=O)[C@@H]4C[C@@H](O)C(O)(O)C[C@]4(C)[C@H]3CC[C@]12C. The fraction of sp³-hybridized carbons (Fsp3) is 0.706. The number of allylic oxidation sites excluding steroid dienone is 1. The molecule has 1 aromatic rings. The lowest BCUT2D eigenvalue weighted by atomic mass is 9.45. The number of hydrogen-bond donors (Lipinski definition) is 6. The third-order valence-electron chi connectivity index (χ3n) is 11.8. The van der Waals surface area contributed by atoms with Gasteiger partial charge in [0, 0.05) is 17.8 Å². The van der Waals surface area contributed by atoms with Crippen LogP contribution in [-0.2, 0) is 9.53 Å². The Hall–Kier alpha value is -2.14. The summed E-state index contributed by atoms with van der Waals surface area (Å²) in [6.07, 6.45) is 1.01. The molecule has 1 aromatic carbocycles. The molecule has 5 rings (SSSR count). The van der Waals surface area contributed by atoms with Crippen LogP contribution in [0, 0.1) is 28.6 Å². The van der Waals surface area contributed by atoms with Gasteiger partial charge in [0.05, 0.1) is 16.8 Å². The van der Waals surface area contributed by atoms with Gasteiger partial charge in [-0.2, -0.15) is 0 Å². The Morgan fingerprint density at radius 3 is 2.30 bits per heavy atom. The molecule has 238 valence electrons. The molecular weight excluding hydrogens is 552 g/mol. The molecule has 0 spiro atoms. The van der Waals surface area contributed by atoms with Crippen molar-refractivity contribution in [3.63, 3.8) is 0 Å². The molecule has 0 aromatic heterocycles. The summed E-state index contributed by atoms with van der Waals surface area (Å²) in [7, 11) is 0. The third-order valence-corrected chi connectivity index (χ3v) is 11.8. The smallest absolute Gasteiger partial charge is 0.338 e. The molecule has 43 heavy (non-hydrogen) atoms. The van der Waals surface area contributed by atoms with Crippen molar-refractivity contribution in [3.8, 4) is 0 Å². The van der Waals surface area contributed by atoms with E-state index in [2.05, 4.69) is 0 Å². The lowest BCUT2D eigenvalue weighted by molar-refractivity contribution is -0.276. The minimum Gasteiger partial charge on any atom is -0.456 e. The molecule has 0 amide bonds. The maximum Gasteiger partial charge on any atom is 0.338 e. The number of hydrogen-bond acceptors (Lipinski definition) is 9. The average Bonchev–Trinajstić information content (AvgIpc) is 3.19.